The van der Waals surface area contributed by atoms with Crippen molar-refractivity contribution in [3.8, 4) is 5.75 Å². The van der Waals surface area contributed by atoms with Crippen LogP contribution in [0.3, 0.4) is 0 Å². The molecule has 0 radical (unpaired) electrons. The number of hydrogen-bond acceptors (Lipinski definition) is 3. The molecule has 1 fully saturated rings. The van der Waals surface area contributed by atoms with Crippen LogP contribution in [0.1, 0.15) is 50.6 Å². The number of benzene rings is 1. The first-order valence-corrected chi connectivity index (χ1v) is 7.33. The molecule has 0 aromatic heterocycles. The van der Waals surface area contributed by atoms with E-state index in [-0.39, 0.29) is 11.9 Å². The molecule has 1 aliphatic carbocycles. The number of hydrogen-bond donors (Lipinski definition) is 2. The number of nitrogens with two attached hydrogens (primary N) is 1. The monoisotopic (exact) mass is 276 g/mol. The predicted octanol–water partition coefficient (Wildman–Crippen LogP) is 2.53. The van der Waals surface area contributed by atoms with Crippen LogP contribution < -0.4 is 15.8 Å². The van der Waals surface area contributed by atoms with Gasteiger partial charge in [-0.1, -0.05) is 38.0 Å². The van der Waals surface area contributed by atoms with Gasteiger partial charge in [0.05, 0.1) is 18.7 Å². The van der Waals surface area contributed by atoms with Crippen LogP contribution in [0.4, 0.5) is 0 Å². The van der Waals surface area contributed by atoms with Crippen LogP contribution in [0.25, 0.3) is 0 Å². The van der Waals surface area contributed by atoms with E-state index in [2.05, 4.69) is 12.2 Å². The van der Waals surface area contributed by atoms with Crippen LogP contribution in [0.15, 0.2) is 24.3 Å². The van der Waals surface area contributed by atoms with Gasteiger partial charge in [-0.3, -0.25) is 4.79 Å². The van der Waals surface area contributed by atoms with Gasteiger partial charge in [0.25, 0.3) is 0 Å². The molecule has 2 rings (SSSR count). The highest BCUT2D eigenvalue weighted by Gasteiger charge is 2.37. The molecule has 1 atom stereocenters. The molecule has 1 aromatic rings. The highest BCUT2D eigenvalue weighted by Crippen LogP contribution is 2.30. The summed E-state index contributed by atoms with van der Waals surface area (Å²) in [6.07, 6.45) is 4.44. The minimum atomic E-state index is -0.685. The van der Waals surface area contributed by atoms with Crippen molar-refractivity contribution in [3.63, 3.8) is 0 Å². The van der Waals surface area contributed by atoms with E-state index in [1.165, 1.54) is 0 Å². The maximum absolute atomic E-state index is 12.4. The summed E-state index contributed by atoms with van der Waals surface area (Å²) < 4.78 is 5.38. The average Bonchev–Trinajstić information content (AvgIpc) is 2.92. The average molecular weight is 276 g/mol. The standard InChI is InChI=1S/C16H24N2O2/c1-3-13(12-8-4-5-9-14(12)20-2)18-15(19)16(17)10-6-7-11-16/h4-5,8-9,13H,3,6-7,10-11,17H2,1-2H3,(H,18,19). The van der Waals surface area contributed by atoms with Gasteiger partial charge in [0.15, 0.2) is 0 Å². The molecular formula is C16H24N2O2. The van der Waals surface area contributed by atoms with E-state index in [1.54, 1.807) is 7.11 Å². The summed E-state index contributed by atoms with van der Waals surface area (Å²) in [5.41, 5.74) is 6.53. The first-order valence-electron chi connectivity index (χ1n) is 7.33. The van der Waals surface area contributed by atoms with Crippen molar-refractivity contribution in [2.45, 2.75) is 50.6 Å². The third-order valence-electron chi connectivity index (χ3n) is 4.18. The van der Waals surface area contributed by atoms with Crippen LogP contribution in [0, 0.1) is 0 Å². The Hall–Kier alpha value is -1.55. The maximum Gasteiger partial charge on any atom is 0.240 e. The van der Waals surface area contributed by atoms with Gasteiger partial charge in [-0.15, -0.1) is 0 Å². The lowest BCUT2D eigenvalue weighted by Gasteiger charge is -2.27. The second kappa shape index (κ2) is 6.27. The fourth-order valence-electron chi connectivity index (χ4n) is 2.89. The highest BCUT2D eigenvalue weighted by molar-refractivity contribution is 5.86. The largest absolute Gasteiger partial charge is 0.496 e. The summed E-state index contributed by atoms with van der Waals surface area (Å²) in [5, 5.41) is 3.10. The van der Waals surface area contributed by atoms with Gasteiger partial charge in [-0.25, -0.2) is 0 Å². The first-order chi connectivity index (χ1) is 9.60. The first kappa shape index (κ1) is 14.9. The molecule has 4 nitrogen and oxygen atoms in total. The molecule has 110 valence electrons. The number of carbonyl (C=O) groups is 1. The Bertz CT molecular complexity index is 467. The molecule has 3 N–H and O–H groups in total. The van der Waals surface area contributed by atoms with Gasteiger partial charge in [0, 0.05) is 5.56 Å². The van der Waals surface area contributed by atoms with Crippen molar-refractivity contribution in [2.24, 2.45) is 5.73 Å². The predicted molar refractivity (Wildman–Crippen MR) is 79.6 cm³/mol. The van der Waals surface area contributed by atoms with E-state index in [1.807, 2.05) is 24.3 Å². The van der Waals surface area contributed by atoms with Gasteiger partial charge in [-0.05, 0) is 25.3 Å². The SMILES string of the molecule is CCC(NC(=O)C1(N)CCCC1)c1ccccc1OC. The summed E-state index contributed by atoms with van der Waals surface area (Å²) in [4.78, 5) is 12.4. The number of rotatable bonds is 5. The lowest BCUT2D eigenvalue weighted by Crippen LogP contribution is -2.52. The Kier molecular flexibility index (Phi) is 4.65. The van der Waals surface area contributed by atoms with Gasteiger partial charge in [-0.2, -0.15) is 0 Å². The van der Waals surface area contributed by atoms with E-state index < -0.39 is 5.54 Å². The number of methoxy groups -OCH3 is 1. The van der Waals surface area contributed by atoms with Crippen molar-refractivity contribution in [1.82, 2.24) is 5.32 Å². The second-order valence-corrected chi connectivity index (χ2v) is 5.54. The number of carbonyl (C=O) groups excluding carboxylic acids is 1. The minimum Gasteiger partial charge on any atom is -0.496 e. The third kappa shape index (κ3) is 2.96. The zero-order chi connectivity index (χ0) is 14.6. The summed E-state index contributed by atoms with van der Waals surface area (Å²) in [7, 11) is 1.65. The van der Waals surface area contributed by atoms with E-state index in [0.717, 1.165) is 43.4 Å². The second-order valence-electron chi connectivity index (χ2n) is 5.54. The van der Waals surface area contributed by atoms with Gasteiger partial charge < -0.3 is 15.8 Å². The van der Waals surface area contributed by atoms with Crippen LogP contribution in [0.5, 0.6) is 5.75 Å². The van der Waals surface area contributed by atoms with Gasteiger partial charge >= 0.3 is 0 Å². The molecule has 0 spiro atoms. The van der Waals surface area contributed by atoms with E-state index in [0.29, 0.717) is 0 Å². The van der Waals surface area contributed by atoms with Crippen LogP contribution in [-0.4, -0.2) is 18.6 Å². The summed E-state index contributed by atoms with van der Waals surface area (Å²) >= 11 is 0. The molecule has 0 aliphatic heterocycles. The van der Waals surface area contributed by atoms with E-state index >= 15 is 0 Å². The van der Waals surface area contributed by atoms with Crippen molar-refractivity contribution in [2.75, 3.05) is 7.11 Å². The zero-order valence-corrected chi connectivity index (χ0v) is 12.3. The lowest BCUT2D eigenvalue weighted by molar-refractivity contribution is -0.127. The summed E-state index contributed by atoms with van der Waals surface area (Å²) in [6.45, 7) is 2.05. The van der Waals surface area contributed by atoms with Crippen molar-refractivity contribution in [3.05, 3.63) is 29.8 Å². The minimum absolute atomic E-state index is 0.0345. The smallest absolute Gasteiger partial charge is 0.240 e. The molecule has 1 aliphatic rings. The normalized spacial score (nSPS) is 18.6. The molecule has 1 saturated carbocycles. The Morgan fingerprint density at radius 3 is 2.65 bits per heavy atom. The Labute approximate surface area is 120 Å². The maximum atomic E-state index is 12.4. The van der Waals surface area contributed by atoms with Crippen molar-refractivity contribution < 1.29 is 9.53 Å². The number of ether oxygens (including phenoxy) is 1. The molecule has 4 heteroatoms. The van der Waals surface area contributed by atoms with Crippen LogP contribution in [0.2, 0.25) is 0 Å². The topological polar surface area (TPSA) is 64.4 Å². The molecular weight excluding hydrogens is 252 g/mol. The fourth-order valence-corrected chi connectivity index (χ4v) is 2.89. The van der Waals surface area contributed by atoms with Crippen LogP contribution >= 0.6 is 0 Å². The third-order valence-corrected chi connectivity index (χ3v) is 4.18. The molecule has 0 saturated heterocycles. The van der Waals surface area contributed by atoms with E-state index in [9.17, 15) is 4.79 Å². The molecule has 1 unspecified atom stereocenters. The molecule has 1 aromatic carbocycles. The number of nitrogens with one attached hydrogen (secondary N) is 1. The number of amides is 1. The lowest BCUT2D eigenvalue weighted by atomic mass is 9.96. The fraction of sp³-hybridized carbons (Fsp3) is 0.562. The van der Waals surface area contributed by atoms with Crippen molar-refractivity contribution in [1.29, 1.82) is 0 Å². The zero-order valence-electron chi connectivity index (χ0n) is 12.3. The summed E-state index contributed by atoms with van der Waals surface area (Å²) in [6, 6.07) is 7.74. The molecule has 20 heavy (non-hydrogen) atoms. The quantitative estimate of drug-likeness (QED) is 0.868. The Morgan fingerprint density at radius 2 is 2.05 bits per heavy atom. The molecule has 0 bridgehead atoms. The molecule has 0 heterocycles. The number of para-hydroxylation sites is 1. The van der Waals surface area contributed by atoms with Crippen molar-refractivity contribution >= 4 is 5.91 Å². The van der Waals surface area contributed by atoms with Gasteiger partial charge in [0.1, 0.15) is 5.75 Å². The van der Waals surface area contributed by atoms with E-state index in [4.69, 9.17) is 10.5 Å². The molecule has 1 amide bonds. The van der Waals surface area contributed by atoms with Crippen LogP contribution in [-0.2, 0) is 4.79 Å². The highest BCUT2D eigenvalue weighted by atomic mass is 16.5. The summed E-state index contributed by atoms with van der Waals surface area (Å²) in [5.74, 6) is 0.768. The Morgan fingerprint density at radius 1 is 1.40 bits per heavy atom. The van der Waals surface area contributed by atoms with Gasteiger partial charge in [0.2, 0.25) is 5.91 Å². The Balaban J connectivity index is 2.14.